The predicted molar refractivity (Wildman–Crippen MR) is 78.5 cm³/mol. The Morgan fingerprint density at radius 2 is 1.95 bits per heavy atom. The molecule has 0 saturated heterocycles. The van der Waals surface area contributed by atoms with E-state index in [1.165, 1.54) is 24.3 Å². The van der Waals surface area contributed by atoms with Crippen LogP contribution in [0.25, 0.3) is 5.57 Å². The molecule has 0 radical (unpaired) electrons. The van der Waals surface area contributed by atoms with Crippen molar-refractivity contribution in [3.8, 4) is 0 Å². The minimum absolute atomic E-state index is 0.192. The second-order valence-electron chi connectivity index (χ2n) is 4.88. The van der Waals surface area contributed by atoms with E-state index in [0.29, 0.717) is 16.8 Å². The van der Waals surface area contributed by atoms with Crippen molar-refractivity contribution in [2.24, 2.45) is 0 Å². The summed E-state index contributed by atoms with van der Waals surface area (Å²) in [6.45, 7) is 1.83. The summed E-state index contributed by atoms with van der Waals surface area (Å²) in [5.41, 5.74) is 2.49. The van der Waals surface area contributed by atoms with Crippen molar-refractivity contribution in [1.82, 2.24) is 0 Å². The number of benzene rings is 2. The Kier molecular flexibility index (Phi) is 3.14. The Morgan fingerprint density at radius 3 is 2.71 bits per heavy atom. The molecule has 2 aromatic rings. The maximum absolute atomic E-state index is 13.3. The number of hydrogen-bond donors (Lipinski definition) is 1. The van der Waals surface area contributed by atoms with Crippen LogP contribution >= 0.6 is 0 Å². The molecule has 0 atom stereocenters. The summed E-state index contributed by atoms with van der Waals surface area (Å²) in [5.74, 6) is -1.10. The predicted octanol–water partition coefficient (Wildman–Crippen LogP) is 3.35. The zero-order chi connectivity index (χ0) is 15.0. The number of rotatable bonds is 2. The summed E-state index contributed by atoms with van der Waals surface area (Å²) < 4.78 is 13.3. The number of ketones is 1. The number of allylic oxidation sites excluding steroid dienone is 1. The average Bonchev–Trinajstić information content (AvgIpc) is 2.75. The lowest BCUT2D eigenvalue weighted by molar-refractivity contribution is -0.110. The smallest absolute Gasteiger partial charge is 0.256 e. The first-order valence-corrected chi connectivity index (χ1v) is 6.49. The van der Waals surface area contributed by atoms with Gasteiger partial charge < -0.3 is 5.32 Å². The Balaban J connectivity index is 2.05. The first kappa shape index (κ1) is 13.2. The van der Waals surface area contributed by atoms with Gasteiger partial charge >= 0.3 is 0 Å². The van der Waals surface area contributed by atoms with E-state index in [1.54, 1.807) is 12.1 Å². The highest BCUT2D eigenvalue weighted by Gasteiger charge is 2.25. The third kappa shape index (κ3) is 2.36. The minimum atomic E-state index is -0.445. The van der Waals surface area contributed by atoms with E-state index in [0.717, 1.165) is 5.56 Å². The minimum Gasteiger partial charge on any atom is -0.321 e. The number of halogens is 1. The number of carbonyl (C=O) groups excluding carboxylic acids is 2. The highest BCUT2D eigenvalue weighted by Crippen LogP contribution is 2.32. The van der Waals surface area contributed by atoms with Crippen molar-refractivity contribution >= 4 is 23.0 Å². The Morgan fingerprint density at radius 1 is 1.19 bits per heavy atom. The van der Waals surface area contributed by atoms with Crippen LogP contribution in [0.15, 0.2) is 48.5 Å². The van der Waals surface area contributed by atoms with Gasteiger partial charge in [0.1, 0.15) is 5.82 Å². The van der Waals surface area contributed by atoms with Crippen molar-refractivity contribution in [2.45, 2.75) is 6.92 Å². The molecule has 3 rings (SSSR count). The van der Waals surface area contributed by atoms with Crippen molar-refractivity contribution in [3.05, 3.63) is 71.0 Å². The average molecular weight is 281 g/mol. The van der Waals surface area contributed by atoms with Crippen molar-refractivity contribution in [3.63, 3.8) is 0 Å². The fourth-order valence-corrected chi connectivity index (χ4v) is 2.36. The van der Waals surface area contributed by atoms with Gasteiger partial charge in [0.2, 0.25) is 0 Å². The van der Waals surface area contributed by atoms with Crippen LogP contribution in [0.1, 0.15) is 21.5 Å². The molecule has 3 nitrogen and oxygen atoms in total. The molecule has 0 unspecified atom stereocenters. The normalized spacial score (nSPS) is 15.0. The number of nitrogens with one attached hydrogen (secondary N) is 1. The summed E-state index contributed by atoms with van der Waals surface area (Å²) in [6.07, 6.45) is 1.27. The third-order valence-electron chi connectivity index (χ3n) is 3.45. The Bertz CT molecular complexity index is 793. The lowest BCUT2D eigenvalue weighted by Crippen LogP contribution is -2.06. The van der Waals surface area contributed by atoms with Crippen LogP contribution in [0.2, 0.25) is 0 Å². The maximum Gasteiger partial charge on any atom is 0.256 e. The maximum atomic E-state index is 13.3. The number of anilines is 1. The van der Waals surface area contributed by atoms with Crippen molar-refractivity contribution in [1.29, 1.82) is 0 Å². The number of aryl methyl sites for hydroxylation is 1. The molecule has 1 N–H and O–H groups in total. The second-order valence-corrected chi connectivity index (χ2v) is 4.88. The molecule has 1 heterocycles. The fraction of sp³-hybridized carbons (Fsp3) is 0.0588. The van der Waals surface area contributed by atoms with E-state index >= 15 is 0 Å². The van der Waals surface area contributed by atoms with Gasteiger partial charge in [-0.05, 0) is 36.8 Å². The summed E-state index contributed by atoms with van der Waals surface area (Å²) in [6, 6.07) is 11.1. The van der Waals surface area contributed by atoms with Gasteiger partial charge in [0, 0.05) is 16.8 Å². The number of amides is 1. The summed E-state index contributed by atoms with van der Waals surface area (Å²) in [7, 11) is 0. The SMILES string of the molecule is Cc1ccccc1C(=O)/C=C1\C(=O)Nc2ccc(F)cc21. The molecule has 4 heteroatoms. The lowest BCUT2D eigenvalue weighted by atomic mass is 10.0. The highest BCUT2D eigenvalue weighted by molar-refractivity contribution is 6.35. The van der Waals surface area contributed by atoms with Gasteiger partial charge in [-0.2, -0.15) is 0 Å². The molecule has 0 spiro atoms. The second kappa shape index (κ2) is 4.98. The number of hydrogen-bond acceptors (Lipinski definition) is 2. The first-order chi connectivity index (χ1) is 10.1. The largest absolute Gasteiger partial charge is 0.321 e. The molecular formula is C17H12FNO2. The van der Waals surface area contributed by atoms with E-state index in [4.69, 9.17) is 0 Å². The quantitative estimate of drug-likeness (QED) is 0.677. The molecule has 0 bridgehead atoms. The van der Waals surface area contributed by atoms with Crippen LogP contribution in [0.5, 0.6) is 0 Å². The molecule has 2 aromatic carbocycles. The molecule has 104 valence electrons. The lowest BCUT2D eigenvalue weighted by Gasteiger charge is -2.02. The fourth-order valence-electron chi connectivity index (χ4n) is 2.36. The van der Waals surface area contributed by atoms with Gasteiger partial charge in [-0.25, -0.2) is 4.39 Å². The Labute approximate surface area is 121 Å². The van der Waals surface area contributed by atoms with E-state index in [2.05, 4.69) is 5.32 Å². The number of carbonyl (C=O) groups is 2. The van der Waals surface area contributed by atoms with E-state index in [1.807, 2.05) is 19.1 Å². The molecule has 1 aliphatic rings. The van der Waals surface area contributed by atoms with Gasteiger partial charge in [0.05, 0.1) is 5.57 Å². The molecule has 0 saturated carbocycles. The van der Waals surface area contributed by atoms with Crippen LogP contribution in [0.4, 0.5) is 10.1 Å². The first-order valence-electron chi connectivity index (χ1n) is 6.49. The van der Waals surface area contributed by atoms with Gasteiger partial charge in [-0.15, -0.1) is 0 Å². The van der Waals surface area contributed by atoms with Crippen LogP contribution < -0.4 is 5.32 Å². The van der Waals surface area contributed by atoms with E-state index < -0.39 is 11.7 Å². The van der Waals surface area contributed by atoms with Gasteiger partial charge in [-0.1, -0.05) is 24.3 Å². The van der Waals surface area contributed by atoms with Crippen LogP contribution in [-0.2, 0) is 4.79 Å². The van der Waals surface area contributed by atoms with Gasteiger partial charge in [0.15, 0.2) is 5.78 Å². The molecule has 1 amide bonds. The standard InChI is InChI=1S/C17H12FNO2/c1-10-4-2-3-5-12(10)16(20)9-14-13-8-11(18)6-7-15(13)19-17(14)21/h2-9H,1H3,(H,19,21)/b14-9-. The van der Waals surface area contributed by atoms with Gasteiger partial charge in [0.25, 0.3) is 5.91 Å². The summed E-state index contributed by atoms with van der Waals surface area (Å²) >= 11 is 0. The topological polar surface area (TPSA) is 46.2 Å². The molecule has 0 aliphatic carbocycles. The summed E-state index contributed by atoms with van der Waals surface area (Å²) in [5, 5.41) is 2.62. The van der Waals surface area contributed by atoms with Gasteiger partial charge in [-0.3, -0.25) is 9.59 Å². The zero-order valence-corrected chi connectivity index (χ0v) is 11.3. The molecule has 0 aromatic heterocycles. The third-order valence-corrected chi connectivity index (χ3v) is 3.45. The van der Waals surface area contributed by atoms with Crippen LogP contribution in [-0.4, -0.2) is 11.7 Å². The highest BCUT2D eigenvalue weighted by atomic mass is 19.1. The number of fused-ring (bicyclic) bond motifs is 1. The molecule has 21 heavy (non-hydrogen) atoms. The van der Waals surface area contributed by atoms with E-state index in [9.17, 15) is 14.0 Å². The van der Waals surface area contributed by atoms with Crippen LogP contribution in [0.3, 0.4) is 0 Å². The Hall–Kier alpha value is -2.75. The van der Waals surface area contributed by atoms with Crippen LogP contribution in [0, 0.1) is 12.7 Å². The summed E-state index contributed by atoms with van der Waals surface area (Å²) in [4.78, 5) is 24.3. The van der Waals surface area contributed by atoms with Crippen molar-refractivity contribution in [2.75, 3.05) is 5.32 Å². The molecule has 0 fully saturated rings. The zero-order valence-electron chi connectivity index (χ0n) is 11.3. The molecular weight excluding hydrogens is 269 g/mol. The van der Waals surface area contributed by atoms with Crippen molar-refractivity contribution < 1.29 is 14.0 Å². The monoisotopic (exact) mass is 281 g/mol. The van der Waals surface area contributed by atoms with E-state index in [-0.39, 0.29) is 11.4 Å². The molecule has 1 aliphatic heterocycles.